The van der Waals surface area contributed by atoms with E-state index in [4.69, 9.17) is 0 Å². The normalized spacial score (nSPS) is 18.4. The van der Waals surface area contributed by atoms with Crippen LogP contribution in [0.5, 0.6) is 0 Å². The number of benzene rings is 1. The third-order valence-electron chi connectivity index (χ3n) is 3.72. The Kier molecular flexibility index (Phi) is 5.79. The van der Waals surface area contributed by atoms with Crippen LogP contribution in [0, 0.1) is 5.92 Å². The van der Waals surface area contributed by atoms with Gasteiger partial charge in [-0.05, 0) is 43.5 Å². The van der Waals surface area contributed by atoms with Crippen molar-refractivity contribution in [1.82, 2.24) is 4.90 Å². The predicted molar refractivity (Wildman–Crippen MR) is 87.0 cm³/mol. The molecule has 1 N–H and O–H groups in total. The number of piperidine rings is 1. The maximum atomic E-state index is 12.3. The highest BCUT2D eigenvalue weighted by molar-refractivity contribution is 9.10. The van der Waals surface area contributed by atoms with Gasteiger partial charge in [0.25, 0.3) is 0 Å². The van der Waals surface area contributed by atoms with Crippen LogP contribution in [0.2, 0.25) is 0 Å². The van der Waals surface area contributed by atoms with Crippen molar-refractivity contribution in [3.8, 4) is 0 Å². The Balaban J connectivity index is 1.92. The first-order chi connectivity index (χ1) is 10.1. The summed E-state index contributed by atoms with van der Waals surface area (Å²) in [4.78, 5) is 26.1. The highest BCUT2D eigenvalue weighted by Gasteiger charge is 2.27. The molecule has 1 aliphatic rings. The highest BCUT2D eigenvalue weighted by atomic mass is 79.9. The quantitative estimate of drug-likeness (QED) is 0.902. The number of likely N-dealkylation sites (tertiary alicyclic amines) is 1. The molecule has 1 aromatic rings. The van der Waals surface area contributed by atoms with Gasteiger partial charge in [0.15, 0.2) is 0 Å². The molecule has 1 fully saturated rings. The van der Waals surface area contributed by atoms with Crippen LogP contribution in [-0.2, 0) is 9.59 Å². The zero-order valence-corrected chi connectivity index (χ0v) is 13.9. The molecule has 1 atom stereocenters. The summed E-state index contributed by atoms with van der Waals surface area (Å²) in [5.74, 6) is 0.0631. The van der Waals surface area contributed by atoms with Gasteiger partial charge < -0.3 is 10.2 Å². The van der Waals surface area contributed by atoms with Crippen LogP contribution >= 0.6 is 15.9 Å². The molecule has 0 saturated carbocycles. The fourth-order valence-corrected chi connectivity index (χ4v) is 2.83. The molecule has 2 amide bonds. The summed E-state index contributed by atoms with van der Waals surface area (Å²) in [6.07, 6.45) is 3.16. The Morgan fingerprint density at radius 2 is 2.05 bits per heavy atom. The average molecular weight is 353 g/mol. The van der Waals surface area contributed by atoms with Crippen molar-refractivity contribution in [1.29, 1.82) is 0 Å². The molecular weight excluding hydrogens is 332 g/mol. The molecule has 1 heterocycles. The van der Waals surface area contributed by atoms with Crippen molar-refractivity contribution in [3.63, 3.8) is 0 Å². The van der Waals surface area contributed by atoms with Crippen molar-refractivity contribution >= 4 is 33.4 Å². The number of nitrogens with one attached hydrogen (secondary N) is 1. The van der Waals surface area contributed by atoms with E-state index in [1.54, 1.807) is 0 Å². The van der Waals surface area contributed by atoms with E-state index in [1.165, 1.54) is 0 Å². The first kappa shape index (κ1) is 16.0. The molecule has 0 aliphatic carbocycles. The van der Waals surface area contributed by atoms with Gasteiger partial charge in [0.2, 0.25) is 11.8 Å². The number of rotatable bonds is 4. The van der Waals surface area contributed by atoms with E-state index in [0.717, 1.165) is 36.0 Å². The first-order valence-corrected chi connectivity index (χ1v) is 8.23. The summed E-state index contributed by atoms with van der Waals surface area (Å²) in [6, 6.07) is 7.52. The largest absolute Gasteiger partial charge is 0.342 e. The third kappa shape index (κ3) is 4.56. The van der Waals surface area contributed by atoms with Crippen molar-refractivity contribution in [2.75, 3.05) is 18.4 Å². The molecule has 0 spiro atoms. The minimum Gasteiger partial charge on any atom is -0.342 e. The van der Waals surface area contributed by atoms with Gasteiger partial charge in [0.1, 0.15) is 0 Å². The molecule has 0 bridgehead atoms. The molecule has 0 radical (unpaired) electrons. The molecular formula is C16H21BrN2O2. The number of hydrogen-bond acceptors (Lipinski definition) is 2. The van der Waals surface area contributed by atoms with E-state index in [9.17, 15) is 9.59 Å². The van der Waals surface area contributed by atoms with Gasteiger partial charge in [-0.1, -0.05) is 22.9 Å². The highest BCUT2D eigenvalue weighted by Crippen LogP contribution is 2.20. The van der Waals surface area contributed by atoms with Crippen molar-refractivity contribution in [2.24, 2.45) is 5.92 Å². The summed E-state index contributed by atoms with van der Waals surface area (Å²) < 4.78 is 0.981. The van der Waals surface area contributed by atoms with Crippen LogP contribution in [0.15, 0.2) is 28.7 Å². The van der Waals surface area contributed by atoms with Gasteiger partial charge in [0, 0.05) is 29.7 Å². The molecule has 114 valence electrons. The number of anilines is 1. The maximum Gasteiger partial charge on any atom is 0.229 e. The second-order valence-corrected chi connectivity index (χ2v) is 6.34. The monoisotopic (exact) mass is 352 g/mol. The zero-order chi connectivity index (χ0) is 15.2. The minimum absolute atomic E-state index is 0.00585. The predicted octanol–water partition coefficient (Wildman–Crippen LogP) is 3.43. The summed E-state index contributed by atoms with van der Waals surface area (Å²) in [5, 5.41) is 2.93. The Labute approximate surface area is 134 Å². The molecule has 21 heavy (non-hydrogen) atoms. The Bertz CT molecular complexity index is 502. The number of halogens is 1. The Morgan fingerprint density at radius 3 is 2.71 bits per heavy atom. The average Bonchev–Trinajstić information content (AvgIpc) is 2.50. The lowest BCUT2D eigenvalue weighted by atomic mass is 9.96. The van der Waals surface area contributed by atoms with E-state index in [2.05, 4.69) is 21.2 Å². The molecule has 1 aliphatic heterocycles. The molecule has 2 rings (SSSR count). The maximum absolute atomic E-state index is 12.3. The van der Waals surface area contributed by atoms with Gasteiger partial charge in [-0.3, -0.25) is 9.59 Å². The lowest BCUT2D eigenvalue weighted by Crippen LogP contribution is -2.43. The third-order valence-corrected chi connectivity index (χ3v) is 4.25. The minimum atomic E-state index is -0.108. The van der Waals surface area contributed by atoms with Gasteiger partial charge >= 0.3 is 0 Å². The van der Waals surface area contributed by atoms with Crippen LogP contribution in [-0.4, -0.2) is 29.8 Å². The number of amides is 2. The number of nitrogens with zero attached hydrogens (tertiary/aromatic N) is 1. The first-order valence-electron chi connectivity index (χ1n) is 7.44. The van der Waals surface area contributed by atoms with Crippen LogP contribution in [0.1, 0.15) is 32.6 Å². The second kappa shape index (κ2) is 7.59. The Morgan fingerprint density at radius 1 is 1.33 bits per heavy atom. The van der Waals surface area contributed by atoms with Crippen molar-refractivity contribution in [3.05, 3.63) is 28.7 Å². The molecule has 5 heteroatoms. The fraction of sp³-hybridized carbons (Fsp3) is 0.500. The molecule has 1 aromatic carbocycles. The van der Waals surface area contributed by atoms with E-state index in [0.29, 0.717) is 13.0 Å². The van der Waals surface area contributed by atoms with Gasteiger partial charge in [0.05, 0.1) is 5.92 Å². The summed E-state index contributed by atoms with van der Waals surface area (Å²) in [7, 11) is 0. The molecule has 4 nitrogen and oxygen atoms in total. The summed E-state index contributed by atoms with van der Waals surface area (Å²) in [6.45, 7) is 3.32. The second-order valence-electron chi connectivity index (χ2n) is 5.43. The van der Waals surface area contributed by atoms with Crippen LogP contribution in [0.25, 0.3) is 0 Å². The van der Waals surface area contributed by atoms with E-state index in [1.807, 2.05) is 36.1 Å². The zero-order valence-electron chi connectivity index (χ0n) is 12.3. The summed E-state index contributed by atoms with van der Waals surface area (Å²) in [5.41, 5.74) is 0.792. The molecule has 1 saturated heterocycles. The standard InChI is InChI=1S/C16H21BrN2O2/c1-2-4-15(20)19-10-3-5-12(11-19)16(21)18-14-8-6-13(17)7-9-14/h6-9,12H,2-5,10-11H2,1H3,(H,18,21)/t12-/m1/s1. The number of carbonyl (C=O) groups is 2. The SMILES string of the molecule is CCCC(=O)N1CCC[C@@H](C(=O)Nc2ccc(Br)cc2)C1. The van der Waals surface area contributed by atoms with Crippen molar-refractivity contribution < 1.29 is 9.59 Å². The van der Waals surface area contributed by atoms with Crippen LogP contribution in [0.3, 0.4) is 0 Å². The van der Waals surface area contributed by atoms with Gasteiger partial charge in [-0.25, -0.2) is 0 Å². The van der Waals surface area contributed by atoms with Crippen LogP contribution in [0.4, 0.5) is 5.69 Å². The lowest BCUT2D eigenvalue weighted by molar-refractivity contribution is -0.134. The fourth-order valence-electron chi connectivity index (χ4n) is 2.57. The van der Waals surface area contributed by atoms with Crippen molar-refractivity contribution in [2.45, 2.75) is 32.6 Å². The molecule has 0 aromatic heterocycles. The van der Waals surface area contributed by atoms with E-state index in [-0.39, 0.29) is 17.7 Å². The summed E-state index contributed by atoms with van der Waals surface area (Å²) >= 11 is 3.37. The lowest BCUT2D eigenvalue weighted by Gasteiger charge is -2.32. The number of carbonyl (C=O) groups excluding carboxylic acids is 2. The molecule has 0 unspecified atom stereocenters. The Hall–Kier alpha value is -1.36. The smallest absolute Gasteiger partial charge is 0.229 e. The number of hydrogen-bond donors (Lipinski definition) is 1. The van der Waals surface area contributed by atoms with Gasteiger partial charge in [-0.2, -0.15) is 0 Å². The topological polar surface area (TPSA) is 49.4 Å². The van der Waals surface area contributed by atoms with Crippen LogP contribution < -0.4 is 5.32 Å². The van der Waals surface area contributed by atoms with Gasteiger partial charge in [-0.15, -0.1) is 0 Å². The van der Waals surface area contributed by atoms with E-state index >= 15 is 0 Å². The van der Waals surface area contributed by atoms with E-state index < -0.39 is 0 Å².